The first-order valence-electron chi connectivity index (χ1n) is 9.49. The molecule has 2 atom stereocenters. The van der Waals surface area contributed by atoms with Crippen LogP contribution >= 0.6 is 0 Å². The molecule has 0 saturated heterocycles. The van der Waals surface area contributed by atoms with Crippen LogP contribution in [-0.4, -0.2) is 51.8 Å². The zero-order chi connectivity index (χ0) is 21.9. The van der Waals surface area contributed by atoms with E-state index in [2.05, 4.69) is 15.5 Å². The third-order valence-electron chi connectivity index (χ3n) is 5.22. The van der Waals surface area contributed by atoms with E-state index in [0.717, 1.165) is 10.8 Å². The number of hydrogen-bond donors (Lipinski definition) is 2. The van der Waals surface area contributed by atoms with Crippen LogP contribution in [0.2, 0.25) is 0 Å². The van der Waals surface area contributed by atoms with Crippen LogP contribution in [0, 0.1) is 5.92 Å². The van der Waals surface area contributed by atoms with E-state index in [-0.39, 0.29) is 12.3 Å². The van der Waals surface area contributed by atoms with Crippen LogP contribution in [0.5, 0.6) is 0 Å². The fourth-order valence-corrected chi connectivity index (χ4v) is 3.41. The second-order valence-electron chi connectivity index (χ2n) is 7.45. The monoisotopic (exact) mass is 415 g/mol. The number of hydrogen-bond acceptors (Lipinski definition) is 6. The smallest absolute Gasteiger partial charge is 0.305 e. The lowest BCUT2D eigenvalue weighted by Crippen LogP contribution is -2.55. The van der Waals surface area contributed by atoms with Crippen molar-refractivity contribution in [1.29, 1.82) is 0 Å². The fourth-order valence-electron chi connectivity index (χ4n) is 3.41. The number of aromatic nitrogens is 1. The van der Waals surface area contributed by atoms with Gasteiger partial charge in [0.15, 0.2) is 5.78 Å². The number of carbonyl (C=O) groups is 3. The average Bonchev–Trinajstić information content (AvgIpc) is 3.18. The van der Waals surface area contributed by atoms with Gasteiger partial charge in [0.1, 0.15) is 18.4 Å². The van der Waals surface area contributed by atoms with Crippen molar-refractivity contribution in [3.8, 4) is 0 Å². The molecule has 1 aromatic carbocycles. The van der Waals surface area contributed by atoms with Crippen LogP contribution in [-0.2, 0) is 19.2 Å². The van der Waals surface area contributed by atoms with Gasteiger partial charge in [-0.3, -0.25) is 19.4 Å². The number of ketones is 1. The zero-order valence-corrected chi connectivity index (χ0v) is 16.6. The quantitative estimate of drug-likeness (QED) is 0.683. The molecule has 3 rings (SSSR count). The number of nitrogens with zero attached hydrogens (tertiary/aromatic N) is 2. The maximum Gasteiger partial charge on any atom is 0.305 e. The molecule has 1 aliphatic rings. The highest BCUT2D eigenvalue weighted by Gasteiger charge is 2.50. The molecule has 2 heterocycles. The molecule has 158 valence electrons. The number of halogens is 1. The standard InChI is InChI=1S/C21H22FN3O5/c1-12(2)21(20(29)24-15(9-18(27)28)17(26)11-22)10-16(25-30-21)19-14-6-4-3-5-13(14)7-8-23-19/h3-8,12,15H,9-11H2,1-2H3,(H,24,29)(H,27,28)/t15?,21-/m0/s1. The van der Waals surface area contributed by atoms with Crippen molar-refractivity contribution in [1.82, 2.24) is 10.3 Å². The number of fused-ring (bicyclic) bond motifs is 1. The van der Waals surface area contributed by atoms with Crippen molar-refractivity contribution in [3.05, 3.63) is 42.2 Å². The van der Waals surface area contributed by atoms with E-state index in [4.69, 9.17) is 9.94 Å². The van der Waals surface area contributed by atoms with Crippen LogP contribution in [0.25, 0.3) is 10.8 Å². The van der Waals surface area contributed by atoms with Gasteiger partial charge in [-0.05, 0) is 11.5 Å². The SMILES string of the molecule is CC(C)[C@]1(C(=O)NC(CC(=O)O)C(=O)CF)CC(c2nccc3ccccc23)=NO1. The highest BCUT2D eigenvalue weighted by atomic mass is 19.1. The number of carboxylic acid groups (broad SMARTS) is 1. The van der Waals surface area contributed by atoms with Gasteiger partial charge in [-0.15, -0.1) is 0 Å². The molecule has 30 heavy (non-hydrogen) atoms. The number of carbonyl (C=O) groups excluding carboxylic acids is 2. The van der Waals surface area contributed by atoms with Gasteiger partial charge in [0, 0.05) is 23.9 Å². The van der Waals surface area contributed by atoms with E-state index in [1.807, 2.05) is 30.3 Å². The summed E-state index contributed by atoms with van der Waals surface area (Å²) in [5.74, 6) is -3.44. The van der Waals surface area contributed by atoms with Gasteiger partial charge in [0.2, 0.25) is 5.60 Å². The Morgan fingerprint density at radius 2 is 2.00 bits per heavy atom. The Morgan fingerprint density at radius 3 is 2.67 bits per heavy atom. The Hall–Kier alpha value is -3.36. The molecule has 1 amide bonds. The molecule has 0 fully saturated rings. The molecule has 0 spiro atoms. The van der Waals surface area contributed by atoms with E-state index in [0.29, 0.717) is 11.4 Å². The summed E-state index contributed by atoms with van der Waals surface area (Å²) in [5.41, 5.74) is -0.436. The maximum atomic E-state index is 13.1. The predicted molar refractivity (Wildman–Crippen MR) is 107 cm³/mol. The summed E-state index contributed by atoms with van der Waals surface area (Å²) in [6, 6.07) is 7.95. The number of aliphatic carboxylic acids is 1. The van der Waals surface area contributed by atoms with E-state index >= 15 is 0 Å². The lowest BCUT2D eigenvalue weighted by atomic mass is 9.83. The van der Waals surface area contributed by atoms with Gasteiger partial charge in [-0.2, -0.15) is 0 Å². The van der Waals surface area contributed by atoms with Crippen LogP contribution < -0.4 is 5.32 Å². The lowest BCUT2D eigenvalue weighted by molar-refractivity contribution is -0.152. The summed E-state index contributed by atoms with van der Waals surface area (Å²) in [5, 5.41) is 17.2. The molecule has 8 nitrogen and oxygen atoms in total. The molecule has 0 radical (unpaired) electrons. The van der Waals surface area contributed by atoms with Gasteiger partial charge in [-0.25, -0.2) is 4.39 Å². The first-order chi connectivity index (χ1) is 14.3. The van der Waals surface area contributed by atoms with Crippen molar-refractivity contribution >= 4 is 34.1 Å². The minimum atomic E-state index is -1.49. The molecule has 1 aromatic heterocycles. The Labute approximate surface area is 172 Å². The van der Waals surface area contributed by atoms with Gasteiger partial charge in [0.25, 0.3) is 5.91 Å². The predicted octanol–water partition coefficient (Wildman–Crippen LogP) is 2.25. The average molecular weight is 415 g/mol. The summed E-state index contributed by atoms with van der Waals surface area (Å²) < 4.78 is 12.8. The lowest BCUT2D eigenvalue weighted by Gasteiger charge is -2.30. The Morgan fingerprint density at radius 1 is 1.27 bits per heavy atom. The molecule has 0 saturated carbocycles. The van der Waals surface area contributed by atoms with Crippen molar-refractivity contribution in [2.45, 2.75) is 38.3 Å². The number of alkyl halides is 1. The second-order valence-corrected chi connectivity index (χ2v) is 7.45. The minimum Gasteiger partial charge on any atom is -0.481 e. The Kier molecular flexibility index (Phi) is 6.09. The summed E-state index contributed by atoms with van der Waals surface area (Å²) in [6.07, 6.45) is 0.987. The number of oxime groups is 1. The van der Waals surface area contributed by atoms with Crippen molar-refractivity contribution < 1.29 is 28.7 Å². The third-order valence-corrected chi connectivity index (χ3v) is 5.22. The van der Waals surface area contributed by atoms with Crippen LogP contribution in [0.3, 0.4) is 0 Å². The molecule has 9 heteroatoms. The number of rotatable bonds is 8. The number of benzene rings is 1. The largest absolute Gasteiger partial charge is 0.481 e. The Balaban J connectivity index is 1.88. The van der Waals surface area contributed by atoms with E-state index < -0.39 is 42.4 Å². The minimum absolute atomic E-state index is 0.0706. The summed E-state index contributed by atoms with van der Waals surface area (Å²) in [4.78, 5) is 45.8. The molecule has 0 bridgehead atoms. The first kappa shape index (κ1) is 21.4. The molecule has 1 aliphatic heterocycles. The topological polar surface area (TPSA) is 118 Å². The third kappa shape index (κ3) is 4.00. The van der Waals surface area contributed by atoms with E-state index in [1.165, 1.54) is 0 Å². The molecular weight excluding hydrogens is 393 g/mol. The first-order valence-corrected chi connectivity index (χ1v) is 9.49. The highest BCUT2D eigenvalue weighted by Crippen LogP contribution is 2.35. The highest BCUT2D eigenvalue weighted by molar-refractivity contribution is 6.12. The molecule has 2 aromatic rings. The normalized spacial score (nSPS) is 19.3. The number of Topliss-reactive ketones (excluding diaryl/α,β-unsaturated/α-hetero) is 1. The fraction of sp³-hybridized carbons (Fsp3) is 0.381. The molecule has 0 aliphatic carbocycles. The van der Waals surface area contributed by atoms with Gasteiger partial charge in [0.05, 0.1) is 12.1 Å². The summed E-state index contributed by atoms with van der Waals surface area (Å²) in [6.45, 7) is 2.12. The number of carboxylic acids is 1. The van der Waals surface area contributed by atoms with Gasteiger partial charge < -0.3 is 15.3 Å². The molecule has 2 N–H and O–H groups in total. The molecule has 1 unspecified atom stereocenters. The number of pyridine rings is 1. The van der Waals surface area contributed by atoms with E-state index in [1.54, 1.807) is 20.0 Å². The Bertz CT molecular complexity index is 1020. The van der Waals surface area contributed by atoms with Gasteiger partial charge >= 0.3 is 5.97 Å². The van der Waals surface area contributed by atoms with Crippen LogP contribution in [0.15, 0.2) is 41.7 Å². The van der Waals surface area contributed by atoms with Crippen molar-refractivity contribution in [3.63, 3.8) is 0 Å². The summed E-state index contributed by atoms with van der Waals surface area (Å²) >= 11 is 0. The van der Waals surface area contributed by atoms with E-state index in [9.17, 15) is 18.8 Å². The second kappa shape index (κ2) is 8.56. The number of amides is 1. The maximum absolute atomic E-state index is 13.1. The zero-order valence-electron chi connectivity index (χ0n) is 16.6. The van der Waals surface area contributed by atoms with Crippen molar-refractivity contribution in [2.24, 2.45) is 11.1 Å². The number of nitrogens with one attached hydrogen (secondary N) is 1. The summed E-state index contributed by atoms with van der Waals surface area (Å²) in [7, 11) is 0. The van der Waals surface area contributed by atoms with Crippen molar-refractivity contribution in [2.75, 3.05) is 6.67 Å². The van der Waals surface area contributed by atoms with Gasteiger partial charge in [-0.1, -0.05) is 43.3 Å². The van der Waals surface area contributed by atoms with Crippen LogP contribution in [0.4, 0.5) is 4.39 Å². The van der Waals surface area contributed by atoms with Crippen LogP contribution in [0.1, 0.15) is 32.4 Å². The molecular formula is C21H22FN3O5.